The van der Waals surface area contributed by atoms with Crippen molar-refractivity contribution in [1.82, 2.24) is 24.5 Å². The fourth-order valence-corrected chi connectivity index (χ4v) is 10.9. The van der Waals surface area contributed by atoms with Crippen LogP contribution < -0.4 is 24.4 Å². The van der Waals surface area contributed by atoms with Gasteiger partial charge in [-0.25, -0.2) is 18.1 Å². The average Bonchev–Trinajstić information content (AvgIpc) is 3.78. The standard InChI is InChI=1S/C49H55ClN8O8S/c1-31(59)56-16-12-32(13-17-56)22-37-30-65-45-26-40(25-43(58(61)62)46(45)53-37)67(63,64)54-48(60)41-9-8-38(24-44(41)66-39-23-34-11-15-51-47(34)52-28-39)57-20-18-55(19-21-57)29-35-10-14-49(2,3)27-42(35)33-4-6-36(50)7-5-33/h4-9,11,15,23-26,28,32,37,53H,10,12-14,16-22,27,29-30H2,1-3H3,(H,51,52)(H,54,60)/t37-/m1/s1. The summed E-state index contributed by atoms with van der Waals surface area (Å²) in [6.07, 6.45) is 8.71. The maximum Gasteiger partial charge on any atom is 0.297 e. The van der Waals surface area contributed by atoms with Crippen LogP contribution in [0.1, 0.15) is 75.2 Å². The number of nitrogens with one attached hydrogen (secondary N) is 3. The summed E-state index contributed by atoms with van der Waals surface area (Å²) in [6.45, 7) is 11.6. The molecule has 2 fully saturated rings. The SMILES string of the molecule is CC(=O)N1CCC(C[C@@H]2COc3cc(S(=O)(=O)NC(=O)c4ccc(N5CCN(CC6=C(c7ccc(Cl)cc7)CC(C)(C)CC6)CC5)cc4Oc4cnc5[nH]ccc5c4)cc([N+](=O)[O-])c3N2)CC1. The van der Waals surface area contributed by atoms with Gasteiger partial charge in [0, 0.05) is 93.2 Å². The van der Waals surface area contributed by atoms with E-state index >= 15 is 0 Å². The Morgan fingerprint density at radius 3 is 2.51 bits per heavy atom. The number of likely N-dealkylation sites (tertiary alicyclic amines) is 1. The third-order valence-electron chi connectivity index (χ3n) is 13.6. The molecule has 1 atom stereocenters. The molecule has 3 aliphatic heterocycles. The first-order valence-corrected chi connectivity index (χ1v) is 24.7. The molecule has 0 spiro atoms. The molecule has 0 bridgehead atoms. The number of carbonyl (C=O) groups is 2. The molecule has 0 unspecified atom stereocenters. The predicted octanol–water partition coefficient (Wildman–Crippen LogP) is 8.64. The van der Waals surface area contributed by atoms with Crippen LogP contribution in [0.3, 0.4) is 0 Å². The Morgan fingerprint density at radius 2 is 1.78 bits per heavy atom. The molecule has 4 aliphatic rings. The summed E-state index contributed by atoms with van der Waals surface area (Å²) in [5.41, 5.74) is 5.25. The van der Waals surface area contributed by atoms with Crippen LogP contribution >= 0.6 is 11.6 Å². The van der Waals surface area contributed by atoms with E-state index in [1.165, 1.54) is 35.0 Å². The van der Waals surface area contributed by atoms with Crippen molar-refractivity contribution in [3.8, 4) is 17.2 Å². The number of aromatic amines is 1. The van der Waals surface area contributed by atoms with Gasteiger partial charge >= 0.3 is 0 Å². The van der Waals surface area contributed by atoms with Crippen molar-refractivity contribution in [3.63, 3.8) is 0 Å². The molecule has 5 aromatic rings. The van der Waals surface area contributed by atoms with Crippen LogP contribution in [-0.4, -0.2) is 103 Å². The fourth-order valence-electron chi connectivity index (χ4n) is 9.80. The van der Waals surface area contributed by atoms with E-state index in [0.29, 0.717) is 44.0 Å². The van der Waals surface area contributed by atoms with Crippen molar-refractivity contribution < 1.29 is 32.4 Å². The van der Waals surface area contributed by atoms with Crippen LogP contribution in [0.15, 0.2) is 89.6 Å². The number of aromatic nitrogens is 2. The molecule has 0 radical (unpaired) electrons. The molecule has 2 amide bonds. The number of nitro benzene ring substituents is 1. The number of fused-ring (bicyclic) bond motifs is 2. The molecule has 352 valence electrons. The van der Waals surface area contributed by atoms with Crippen molar-refractivity contribution in [2.24, 2.45) is 11.3 Å². The number of allylic oxidation sites excluding steroid dienone is 1. The molecule has 3 aromatic carbocycles. The summed E-state index contributed by atoms with van der Waals surface area (Å²) in [4.78, 5) is 51.1. The number of nitro groups is 1. The van der Waals surface area contributed by atoms with Gasteiger partial charge in [-0.3, -0.25) is 24.6 Å². The summed E-state index contributed by atoms with van der Waals surface area (Å²) in [7, 11) is -4.68. The number of benzene rings is 3. The van der Waals surface area contributed by atoms with Crippen molar-refractivity contribution in [2.75, 3.05) is 62.6 Å². The fraction of sp³-hybridized carbons (Fsp3) is 0.408. The minimum absolute atomic E-state index is 0.00722. The van der Waals surface area contributed by atoms with Gasteiger partial charge in [0.15, 0.2) is 11.4 Å². The lowest BCUT2D eigenvalue weighted by molar-refractivity contribution is -0.384. The number of ether oxygens (including phenoxy) is 2. The van der Waals surface area contributed by atoms with E-state index in [9.17, 15) is 28.1 Å². The lowest BCUT2D eigenvalue weighted by atomic mass is 9.72. The predicted molar refractivity (Wildman–Crippen MR) is 258 cm³/mol. The number of amides is 2. The summed E-state index contributed by atoms with van der Waals surface area (Å²) in [6, 6.07) is 18.7. The lowest BCUT2D eigenvalue weighted by Crippen LogP contribution is -2.47. The quantitative estimate of drug-likeness (QED) is 0.0798. The minimum Gasteiger partial charge on any atom is -0.489 e. The number of piperazine rings is 1. The number of piperidine rings is 1. The van der Waals surface area contributed by atoms with Crippen molar-refractivity contribution in [3.05, 3.63) is 111 Å². The first kappa shape index (κ1) is 46.0. The van der Waals surface area contributed by atoms with Gasteiger partial charge < -0.3 is 29.6 Å². The Balaban J connectivity index is 0.922. The molecule has 5 heterocycles. The van der Waals surface area contributed by atoms with Crippen LogP contribution in [0.5, 0.6) is 17.2 Å². The Kier molecular flexibility index (Phi) is 12.9. The van der Waals surface area contributed by atoms with Crippen LogP contribution in [-0.2, 0) is 14.8 Å². The molecule has 9 rings (SSSR count). The average molecular weight is 952 g/mol. The van der Waals surface area contributed by atoms with Gasteiger partial charge in [-0.05, 0) is 97.4 Å². The van der Waals surface area contributed by atoms with Gasteiger partial charge in [-0.15, -0.1) is 0 Å². The van der Waals surface area contributed by atoms with Gasteiger partial charge in [0.25, 0.3) is 21.6 Å². The second-order valence-electron chi connectivity index (χ2n) is 18.9. The molecule has 16 nitrogen and oxygen atoms in total. The van der Waals surface area contributed by atoms with Crippen molar-refractivity contribution in [1.29, 1.82) is 0 Å². The smallest absolute Gasteiger partial charge is 0.297 e. The Morgan fingerprint density at radius 1 is 1.01 bits per heavy atom. The number of hydrogen-bond donors (Lipinski definition) is 3. The van der Waals surface area contributed by atoms with Crippen molar-refractivity contribution in [2.45, 2.75) is 70.2 Å². The molecule has 18 heteroatoms. The van der Waals surface area contributed by atoms with Gasteiger partial charge in [-0.1, -0.05) is 43.2 Å². The molecule has 3 N–H and O–H groups in total. The van der Waals surface area contributed by atoms with Crippen LogP contribution in [0.4, 0.5) is 17.1 Å². The zero-order valence-corrected chi connectivity index (χ0v) is 39.4. The zero-order chi connectivity index (χ0) is 47.0. The monoisotopic (exact) mass is 950 g/mol. The van der Waals surface area contributed by atoms with Gasteiger partial charge in [0.2, 0.25) is 5.91 Å². The van der Waals surface area contributed by atoms with Crippen LogP contribution in [0.25, 0.3) is 16.6 Å². The number of sulfonamides is 1. The zero-order valence-electron chi connectivity index (χ0n) is 37.8. The van der Waals surface area contributed by atoms with Gasteiger partial charge in [0.1, 0.15) is 23.8 Å². The second-order valence-corrected chi connectivity index (χ2v) is 21.0. The van der Waals surface area contributed by atoms with Crippen molar-refractivity contribution >= 4 is 67.1 Å². The minimum atomic E-state index is -4.68. The number of pyridine rings is 1. The highest BCUT2D eigenvalue weighted by Crippen LogP contribution is 2.44. The number of nitrogens with zero attached hydrogens (tertiary/aromatic N) is 5. The summed E-state index contributed by atoms with van der Waals surface area (Å²) < 4.78 is 42.4. The highest BCUT2D eigenvalue weighted by Gasteiger charge is 2.34. The molecular weight excluding hydrogens is 896 g/mol. The normalized spacial score (nSPS) is 19.1. The summed E-state index contributed by atoms with van der Waals surface area (Å²) in [5, 5.41) is 17.1. The number of hydrogen-bond acceptors (Lipinski definition) is 12. The first-order chi connectivity index (χ1) is 32.1. The van der Waals surface area contributed by atoms with E-state index in [1.54, 1.807) is 31.3 Å². The maximum absolute atomic E-state index is 14.1. The van der Waals surface area contributed by atoms with E-state index in [4.69, 9.17) is 21.1 Å². The number of carbonyl (C=O) groups excluding carboxylic acids is 2. The van der Waals surface area contributed by atoms with Gasteiger partial charge in [-0.2, -0.15) is 0 Å². The maximum atomic E-state index is 14.1. The van der Waals surface area contributed by atoms with E-state index in [-0.39, 0.29) is 52.6 Å². The third kappa shape index (κ3) is 10.4. The molecule has 2 saturated heterocycles. The molecule has 2 aromatic heterocycles. The molecule has 1 aliphatic carbocycles. The Labute approximate surface area is 394 Å². The van der Waals surface area contributed by atoms with E-state index in [1.807, 2.05) is 23.1 Å². The first-order valence-electron chi connectivity index (χ1n) is 22.8. The topological polar surface area (TPSA) is 192 Å². The van der Waals surface area contributed by atoms with Crippen LogP contribution in [0.2, 0.25) is 5.02 Å². The Bertz CT molecular complexity index is 2850. The van der Waals surface area contributed by atoms with Crippen LogP contribution in [0, 0.1) is 21.4 Å². The van der Waals surface area contributed by atoms with Gasteiger partial charge in [0.05, 0.1) is 27.6 Å². The molecular formula is C49H55ClN8O8S. The third-order valence-corrected chi connectivity index (χ3v) is 15.2. The Hall–Kier alpha value is -6.17. The highest BCUT2D eigenvalue weighted by molar-refractivity contribution is 7.90. The second kappa shape index (κ2) is 18.8. The number of anilines is 2. The molecule has 0 saturated carbocycles. The largest absolute Gasteiger partial charge is 0.489 e. The lowest BCUT2D eigenvalue weighted by Gasteiger charge is -2.39. The number of rotatable bonds is 12. The number of H-pyrrole nitrogens is 1. The van der Waals surface area contributed by atoms with E-state index in [0.717, 1.165) is 73.9 Å². The summed E-state index contributed by atoms with van der Waals surface area (Å²) in [5.74, 6) is -0.233. The van der Waals surface area contributed by atoms with E-state index < -0.39 is 31.4 Å². The highest BCUT2D eigenvalue weighted by atomic mass is 35.5. The summed E-state index contributed by atoms with van der Waals surface area (Å²) >= 11 is 6.25. The number of halogens is 1. The molecule has 67 heavy (non-hydrogen) atoms. The van der Waals surface area contributed by atoms with E-state index in [2.05, 4.69) is 55.8 Å².